The van der Waals surface area contributed by atoms with E-state index in [0.29, 0.717) is 0 Å². The van der Waals surface area contributed by atoms with Gasteiger partial charge in [-0.05, 0) is 44.7 Å². The van der Waals surface area contributed by atoms with Crippen LogP contribution in [0.3, 0.4) is 0 Å². The van der Waals surface area contributed by atoms with Crippen molar-refractivity contribution in [3.05, 3.63) is 33.8 Å². The molecular formula is C14H19BrN2O. The Bertz CT molecular complexity index is 461. The molecule has 1 amide bonds. The number of carbonyl (C=O) groups is 1. The van der Waals surface area contributed by atoms with Crippen LogP contribution in [0.2, 0.25) is 0 Å². The molecule has 1 unspecified atom stereocenters. The van der Waals surface area contributed by atoms with Gasteiger partial charge in [-0.2, -0.15) is 0 Å². The molecule has 0 saturated carbocycles. The van der Waals surface area contributed by atoms with Gasteiger partial charge < -0.3 is 9.80 Å². The highest BCUT2D eigenvalue weighted by Gasteiger charge is 2.26. The van der Waals surface area contributed by atoms with Gasteiger partial charge in [0.25, 0.3) is 5.91 Å². The van der Waals surface area contributed by atoms with E-state index in [4.69, 9.17) is 0 Å². The molecule has 0 bridgehead atoms. The number of hydrogen-bond donors (Lipinski definition) is 0. The third-order valence-corrected chi connectivity index (χ3v) is 4.39. The van der Waals surface area contributed by atoms with Gasteiger partial charge in [-0.1, -0.05) is 15.9 Å². The second-order valence-electron chi connectivity index (χ2n) is 5.07. The van der Waals surface area contributed by atoms with Crippen molar-refractivity contribution in [2.45, 2.75) is 19.9 Å². The minimum absolute atomic E-state index is 0.145. The summed E-state index contributed by atoms with van der Waals surface area (Å²) in [4.78, 5) is 16.7. The number of piperazine rings is 1. The van der Waals surface area contributed by atoms with Crippen LogP contribution in [0.5, 0.6) is 0 Å². The maximum Gasteiger partial charge on any atom is 0.254 e. The minimum atomic E-state index is 0.145. The van der Waals surface area contributed by atoms with E-state index < -0.39 is 0 Å². The fourth-order valence-corrected chi connectivity index (χ4v) is 2.63. The molecule has 1 atom stereocenters. The van der Waals surface area contributed by atoms with E-state index >= 15 is 0 Å². The van der Waals surface area contributed by atoms with Gasteiger partial charge in [-0.15, -0.1) is 0 Å². The largest absolute Gasteiger partial charge is 0.333 e. The normalized spacial score (nSPS) is 21.1. The Morgan fingerprint density at radius 3 is 2.72 bits per heavy atom. The van der Waals surface area contributed by atoms with Gasteiger partial charge in [0.15, 0.2) is 0 Å². The van der Waals surface area contributed by atoms with E-state index in [1.54, 1.807) is 0 Å². The molecule has 18 heavy (non-hydrogen) atoms. The van der Waals surface area contributed by atoms with Gasteiger partial charge >= 0.3 is 0 Å². The molecule has 0 N–H and O–H groups in total. The highest BCUT2D eigenvalue weighted by molar-refractivity contribution is 9.10. The molecule has 0 aromatic heterocycles. The van der Waals surface area contributed by atoms with Gasteiger partial charge in [0, 0.05) is 35.7 Å². The summed E-state index contributed by atoms with van der Waals surface area (Å²) in [7, 11) is 2.10. The number of likely N-dealkylation sites (N-methyl/N-ethyl adjacent to an activating group) is 1. The number of carbonyl (C=O) groups excluding carboxylic acids is 1. The van der Waals surface area contributed by atoms with Crippen LogP contribution >= 0.6 is 15.9 Å². The van der Waals surface area contributed by atoms with Gasteiger partial charge in [-0.25, -0.2) is 0 Å². The van der Waals surface area contributed by atoms with Crippen molar-refractivity contribution >= 4 is 21.8 Å². The maximum absolute atomic E-state index is 12.5. The second-order valence-corrected chi connectivity index (χ2v) is 5.93. The van der Waals surface area contributed by atoms with Gasteiger partial charge in [0.05, 0.1) is 0 Å². The SMILES string of the molecule is Cc1cc(C(=O)N2CCN(C)CC2C)ccc1Br. The van der Waals surface area contributed by atoms with Crippen LogP contribution in [-0.2, 0) is 0 Å². The molecule has 1 aromatic carbocycles. The Labute approximate surface area is 117 Å². The smallest absolute Gasteiger partial charge is 0.254 e. The first kappa shape index (κ1) is 13.6. The number of benzene rings is 1. The summed E-state index contributed by atoms with van der Waals surface area (Å²) >= 11 is 3.46. The molecule has 0 radical (unpaired) electrons. The summed E-state index contributed by atoms with van der Waals surface area (Å²) in [6.45, 7) is 6.83. The third-order valence-electron chi connectivity index (χ3n) is 3.50. The number of amides is 1. The Morgan fingerprint density at radius 1 is 1.39 bits per heavy atom. The van der Waals surface area contributed by atoms with Crippen molar-refractivity contribution in [2.75, 3.05) is 26.7 Å². The van der Waals surface area contributed by atoms with E-state index in [-0.39, 0.29) is 11.9 Å². The number of nitrogens with zero attached hydrogens (tertiary/aromatic N) is 2. The molecule has 1 aliphatic rings. The average molecular weight is 311 g/mol. The molecule has 0 aliphatic carbocycles. The topological polar surface area (TPSA) is 23.6 Å². The van der Waals surface area contributed by atoms with Crippen LogP contribution in [0.15, 0.2) is 22.7 Å². The monoisotopic (exact) mass is 310 g/mol. The van der Waals surface area contributed by atoms with E-state index in [1.165, 1.54) is 0 Å². The van der Waals surface area contributed by atoms with E-state index in [9.17, 15) is 4.79 Å². The van der Waals surface area contributed by atoms with Gasteiger partial charge in [-0.3, -0.25) is 4.79 Å². The minimum Gasteiger partial charge on any atom is -0.333 e. The van der Waals surface area contributed by atoms with Crippen molar-refractivity contribution in [2.24, 2.45) is 0 Å². The molecule has 1 saturated heterocycles. The number of rotatable bonds is 1. The quantitative estimate of drug-likeness (QED) is 0.796. The van der Waals surface area contributed by atoms with Crippen LogP contribution in [0.1, 0.15) is 22.8 Å². The summed E-state index contributed by atoms with van der Waals surface area (Å²) in [5.41, 5.74) is 1.88. The van der Waals surface area contributed by atoms with Crippen molar-refractivity contribution in [3.63, 3.8) is 0 Å². The predicted octanol–water partition coefficient (Wildman–Crippen LogP) is 2.53. The molecule has 1 heterocycles. The van der Waals surface area contributed by atoms with Crippen LogP contribution in [0.25, 0.3) is 0 Å². The fraction of sp³-hybridized carbons (Fsp3) is 0.500. The molecule has 2 rings (SSSR count). The van der Waals surface area contributed by atoms with E-state index in [0.717, 1.165) is 35.2 Å². The van der Waals surface area contributed by atoms with E-state index in [1.807, 2.05) is 30.0 Å². The fourth-order valence-electron chi connectivity index (χ4n) is 2.38. The molecule has 98 valence electrons. The summed E-state index contributed by atoms with van der Waals surface area (Å²) in [6.07, 6.45) is 0. The van der Waals surface area contributed by atoms with Gasteiger partial charge in [0.1, 0.15) is 0 Å². The lowest BCUT2D eigenvalue weighted by atomic mass is 10.1. The molecule has 0 spiro atoms. The van der Waals surface area contributed by atoms with Crippen molar-refractivity contribution < 1.29 is 4.79 Å². The van der Waals surface area contributed by atoms with E-state index in [2.05, 4.69) is 34.8 Å². The first-order valence-corrected chi connectivity index (χ1v) is 7.04. The first-order chi connectivity index (χ1) is 8.49. The maximum atomic E-state index is 12.5. The average Bonchev–Trinajstić information content (AvgIpc) is 2.32. The summed E-state index contributed by atoms with van der Waals surface area (Å²) in [6, 6.07) is 6.07. The molecule has 1 aromatic rings. The first-order valence-electron chi connectivity index (χ1n) is 6.24. The van der Waals surface area contributed by atoms with Crippen LogP contribution in [0.4, 0.5) is 0 Å². The molecule has 4 heteroatoms. The molecule has 3 nitrogen and oxygen atoms in total. The van der Waals surface area contributed by atoms with Crippen LogP contribution in [0, 0.1) is 6.92 Å². The number of halogens is 1. The van der Waals surface area contributed by atoms with Crippen molar-refractivity contribution in [1.82, 2.24) is 9.80 Å². The standard InChI is InChI=1S/C14H19BrN2O/c1-10-8-12(4-5-13(10)15)14(18)17-7-6-16(3)9-11(17)2/h4-5,8,11H,6-7,9H2,1-3H3. The highest BCUT2D eigenvalue weighted by atomic mass is 79.9. The summed E-state index contributed by atoms with van der Waals surface area (Å²) in [5.74, 6) is 0.145. The van der Waals surface area contributed by atoms with Crippen LogP contribution in [-0.4, -0.2) is 48.4 Å². The number of aryl methyl sites for hydroxylation is 1. The zero-order chi connectivity index (χ0) is 13.3. The number of hydrogen-bond acceptors (Lipinski definition) is 2. The Balaban J connectivity index is 2.18. The summed E-state index contributed by atoms with van der Waals surface area (Å²) < 4.78 is 1.05. The zero-order valence-corrected chi connectivity index (χ0v) is 12.7. The zero-order valence-electron chi connectivity index (χ0n) is 11.1. The van der Waals surface area contributed by atoms with Gasteiger partial charge in [0.2, 0.25) is 0 Å². The Morgan fingerprint density at radius 2 is 2.11 bits per heavy atom. The molecular weight excluding hydrogens is 292 g/mol. The van der Waals surface area contributed by atoms with Crippen molar-refractivity contribution in [3.8, 4) is 0 Å². The summed E-state index contributed by atoms with van der Waals surface area (Å²) in [5, 5.41) is 0. The lowest BCUT2D eigenvalue weighted by Gasteiger charge is -2.38. The Kier molecular flexibility index (Phi) is 4.07. The lowest BCUT2D eigenvalue weighted by molar-refractivity contribution is 0.0533. The van der Waals surface area contributed by atoms with Crippen molar-refractivity contribution in [1.29, 1.82) is 0 Å². The van der Waals surface area contributed by atoms with Crippen LogP contribution < -0.4 is 0 Å². The predicted molar refractivity (Wildman–Crippen MR) is 76.9 cm³/mol. The third kappa shape index (κ3) is 2.75. The lowest BCUT2D eigenvalue weighted by Crippen LogP contribution is -2.52. The highest BCUT2D eigenvalue weighted by Crippen LogP contribution is 2.19. The molecule has 1 aliphatic heterocycles. The molecule has 1 fully saturated rings. The second kappa shape index (κ2) is 5.41. The Hall–Kier alpha value is -0.870.